The van der Waals surface area contributed by atoms with Crippen LogP contribution >= 0.6 is 0 Å². The second kappa shape index (κ2) is 5.55. The maximum absolute atomic E-state index is 2.57. The first kappa shape index (κ1) is 13.0. The number of fused-ring (bicyclic) bond motifs is 1. The molecular weight excluding hydrogens is 216 g/mol. The van der Waals surface area contributed by atoms with Crippen molar-refractivity contribution in [3.8, 4) is 0 Å². The van der Waals surface area contributed by atoms with Crippen molar-refractivity contribution in [1.29, 1.82) is 0 Å². The van der Waals surface area contributed by atoms with Crippen LogP contribution in [0.3, 0.4) is 0 Å². The Labute approximate surface area is 114 Å². The van der Waals surface area contributed by atoms with Gasteiger partial charge in [-0.25, -0.2) is 0 Å². The molecule has 0 amide bonds. The Morgan fingerprint density at radius 3 is 2.28 bits per heavy atom. The van der Waals surface area contributed by atoms with Gasteiger partial charge in [-0.2, -0.15) is 0 Å². The molecule has 0 heterocycles. The van der Waals surface area contributed by atoms with Crippen LogP contribution < -0.4 is 0 Å². The van der Waals surface area contributed by atoms with Crippen molar-refractivity contribution in [2.75, 3.05) is 0 Å². The zero-order chi connectivity index (χ0) is 12.5. The quantitative estimate of drug-likeness (QED) is 0.591. The molecule has 5 unspecified atom stereocenters. The molecule has 104 valence electrons. The lowest BCUT2D eigenvalue weighted by Gasteiger charge is -2.43. The molecule has 0 saturated heterocycles. The van der Waals surface area contributed by atoms with E-state index in [0.29, 0.717) is 0 Å². The second-order valence-electron chi connectivity index (χ2n) is 7.68. The van der Waals surface area contributed by atoms with E-state index in [0.717, 1.165) is 35.5 Å². The number of hydrogen-bond donors (Lipinski definition) is 0. The summed E-state index contributed by atoms with van der Waals surface area (Å²) >= 11 is 0. The fourth-order valence-corrected chi connectivity index (χ4v) is 5.85. The Hall–Kier alpha value is 0. The van der Waals surface area contributed by atoms with Gasteiger partial charge < -0.3 is 0 Å². The molecule has 3 rings (SSSR count). The van der Waals surface area contributed by atoms with Crippen molar-refractivity contribution < 1.29 is 0 Å². The Kier molecular flexibility index (Phi) is 4.01. The van der Waals surface area contributed by atoms with Gasteiger partial charge in [-0.3, -0.25) is 0 Å². The van der Waals surface area contributed by atoms with Crippen molar-refractivity contribution in [3.05, 3.63) is 0 Å². The number of rotatable bonds is 2. The fourth-order valence-electron chi connectivity index (χ4n) is 5.85. The Morgan fingerprint density at radius 2 is 1.56 bits per heavy atom. The van der Waals surface area contributed by atoms with Crippen LogP contribution in [-0.2, 0) is 0 Å². The van der Waals surface area contributed by atoms with Gasteiger partial charge in [0, 0.05) is 0 Å². The van der Waals surface area contributed by atoms with Crippen LogP contribution in [0.4, 0.5) is 0 Å². The van der Waals surface area contributed by atoms with Crippen LogP contribution in [0.25, 0.3) is 0 Å². The highest BCUT2D eigenvalue weighted by Crippen LogP contribution is 2.53. The van der Waals surface area contributed by atoms with Gasteiger partial charge in [0.15, 0.2) is 0 Å². The van der Waals surface area contributed by atoms with Crippen LogP contribution in [0.1, 0.15) is 78.1 Å². The van der Waals surface area contributed by atoms with E-state index in [1.165, 1.54) is 25.7 Å². The van der Waals surface area contributed by atoms with E-state index >= 15 is 0 Å². The van der Waals surface area contributed by atoms with E-state index in [9.17, 15) is 0 Å². The highest BCUT2D eigenvalue weighted by atomic mass is 14.5. The average Bonchev–Trinajstić information content (AvgIpc) is 2.83. The largest absolute Gasteiger partial charge is 0.0651 e. The summed E-state index contributed by atoms with van der Waals surface area (Å²) in [4.78, 5) is 0. The minimum Gasteiger partial charge on any atom is -0.0651 e. The Balaban J connectivity index is 1.67. The molecule has 0 aliphatic heterocycles. The SMILES string of the molecule is CCC1CCC2C(C)CC(C3CCCCC3)CC12. The molecular formula is C18H32. The van der Waals surface area contributed by atoms with Gasteiger partial charge >= 0.3 is 0 Å². The summed E-state index contributed by atoms with van der Waals surface area (Å²) in [5.41, 5.74) is 0. The van der Waals surface area contributed by atoms with Gasteiger partial charge in [0.2, 0.25) is 0 Å². The minimum atomic E-state index is 1.03. The number of hydrogen-bond acceptors (Lipinski definition) is 0. The molecule has 0 heteroatoms. The van der Waals surface area contributed by atoms with Gasteiger partial charge in [0.05, 0.1) is 0 Å². The second-order valence-corrected chi connectivity index (χ2v) is 7.68. The molecule has 0 aromatic carbocycles. The molecule has 3 fully saturated rings. The van der Waals surface area contributed by atoms with Crippen molar-refractivity contribution in [3.63, 3.8) is 0 Å². The molecule has 0 N–H and O–H groups in total. The third-order valence-electron chi connectivity index (χ3n) is 6.85. The van der Waals surface area contributed by atoms with E-state index < -0.39 is 0 Å². The van der Waals surface area contributed by atoms with Crippen molar-refractivity contribution in [2.24, 2.45) is 35.5 Å². The highest BCUT2D eigenvalue weighted by molar-refractivity contribution is 4.94. The lowest BCUT2D eigenvalue weighted by Crippen LogP contribution is -2.34. The van der Waals surface area contributed by atoms with Crippen LogP contribution in [0.15, 0.2) is 0 Å². The third kappa shape index (κ3) is 2.37. The third-order valence-corrected chi connectivity index (χ3v) is 6.85. The topological polar surface area (TPSA) is 0 Å². The van der Waals surface area contributed by atoms with Gasteiger partial charge in [-0.05, 0) is 61.2 Å². The molecule has 0 aromatic heterocycles. The van der Waals surface area contributed by atoms with E-state index in [1.807, 2.05) is 0 Å². The first-order valence-electron chi connectivity index (χ1n) is 8.79. The molecule has 0 radical (unpaired) electrons. The van der Waals surface area contributed by atoms with Crippen LogP contribution in [-0.4, -0.2) is 0 Å². The first-order chi connectivity index (χ1) is 8.79. The predicted octanol–water partition coefficient (Wildman–Crippen LogP) is 5.67. The molecule has 0 aromatic rings. The normalized spacial score (nSPS) is 46.0. The monoisotopic (exact) mass is 248 g/mol. The molecule has 5 atom stereocenters. The lowest BCUT2D eigenvalue weighted by molar-refractivity contribution is 0.0694. The summed E-state index contributed by atoms with van der Waals surface area (Å²) in [6.07, 6.45) is 15.4. The summed E-state index contributed by atoms with van der Waals surface area (Å²) in [6, 6.07) is 0. The zero-order valence-corrected chi connectivity index (χ0v) is 12.5. The lowest BCUT2D eigenvalue weighted by atomic mass is 9.62. The van der Waals surface area contributed by atoms with Crippen LogP contribution in [0.2, 0.25) is 0 Å². The van der Waals surface area contributed by atoms with E-state index in [2.05, 4.69) is 13.8 Å². The highest BCUT2D eigenvalue weighted by Gasteiger charge is 2.44. The summed E-state index contributed by atoms with van der Waals surface area (Å²) in [5, 5.41) is 0. The Bertz CT molecular complexity index is 263. The Morgan fingerprint density at radius 1 is 0.778 bits per heavy atom. The van der Waals surface area contributed by atoms with Crippen molar-refractivity contribution >= 4 is 0 Å². The maximum Gasteiger partial charge on any atom is -0.0352 e. The summed E-state index contributed by atoms with van der Waals surface area (Å²) in [7, 11) is 0. The average molecular weight is 248 g/mol. The molecule has 3 aliphatic carbocycles. The van der Waals surface area contributed by atoms with Gasteiger partial charge in [-0.15, -0.1) is 0 Å². The maximum atomic E-state index is 2.57. The molecule has 0 bridgehead atoms. The van der Waals surface area contributed by atoms with E-state index in [4.69, 9.17) is 0 Å². The summed E-state index contributed by atoms with van der Waals surface area (Å²) in [5.74, 6) is 6.56. The van der Waals surface area contributed by atoms with Gasteiger partial charge in [0.1, 0.15) is 0 Å². The zero-order valence-electron chi connectivity index (χ0n) is 12.5. The minimum absolute atomic E-state index is 1.03. The van der Waals surface area contributed by atoms with Crippen molar-refractivity contribution in [1.82, 2.24) is 0 Å². The van der Waals surface area contributed by atoms with E-state index in [-0.39, 0.29) is 0 Å². The van der Waals surface area contributed by atoms with Crippen molar-refractivity contribution in [2.45, 2.75) is 78.1 Å². The summed E-state index contributed by atoms with van der Waals surface area (Å²) < 4.78 is 0. The van der Waals surface area contributed by atoms with E-state index in [1.54, 1.807) is 38.5 Å². The molecule has 3 aliphatic rings. The predicted molar refractivity (Wildman–Crippen MR) is 78.5 cm³/mol. The summed E-state index contributed by atoms with van der Waals surface area (Å²) in [6.45, 7) is 5.01. The smallest absolute Gasteiger partial charge is 0.0352 e. The molecule has 18 heavy (non-hydrogen) atoms. The van der Waals surface area contributed by atoms with Gasteiger partial charge in [0.25, 0.3) is 0 Å². The molecule has 0 nitrogen and oxygen atoms in total. The molecule has 0 spiro atoms. The van der Waals surface area contributed by atoms with Crippen LogP contribution in [0.5, 0.6) is 0 Å². The van der Waals surface area contributed by atoms with Crippen LogP contribution in [0, 0.1) is 35.5 Å². The first-order valence-corrected chi connectivity index (χ1v) is 8.79. The molecule has 3 saturated carbocycles. The fraction of sp³-hybridized carbons (Fsp3) is 1.00. The van der Waals surface area contributed by atoms with Gasteiger partial charge in [-0.1, -0.05) is 52.4 Å². The standard InChI is InChI=1S/C18H32/c1-3-14-9-10-17-13(2)11-16(12-18(14)17)15-7-5-4-6-8-15/h13-18H,3-12H2,1-2H3.